The van der Waals surface area contributed by atoms with Crippen LogP contribution in [0.2, 0.25) is 36.3 Å². The standard InChI is InChI=1S/C22H43BrO4Si2/c1-17(23)19(27-29(11,12)22(5,6)7)16-18(14-13-15-20(24)25-8)26-28(9,10)21(2,3)4/h13,15,18-19H,1,14,16H2,2-12H3/b15-13-/t18-,19+/m0/s1. The van der Waals surface area contributed by atoms with Gasteiger partial charge in [-0.05, 0) is 42.7 Å². The van der Waals surface area contributed by atoms with Crippen LogP contribution in [-0.2, 0) is 18.4 Å². The second-order valence-electron chi connectivity index (χ2n) is 10.7. The number of ether oxygens (including phenoxy) is 1. The maximum Gasteiger partial charge on any atom is 0.330 e. The maximum atomic E-state index is 11.5. The third kappa shape index (κ3) is 9.64. The molecule has 0 rings (SSSR count). The van der Waals surface area contributed by atoms with Crippen molar-refractivity contribution in [3.63, 3.8) is 0 Å². The molecule has 0 saturated carbocycles. The molecule has 0 radical (unpaired) electrons. The van der Waals surface area contributed by atoms with Crippen LogP contribution in [0.15, 0.2) is 23.2 Å². The fourth-order valence-electron chi connectivity index (χ4n) is 2.18. The molecule has 29 heavy (non-hydrogen) atoms. The molecule has 0 N–H and O–H groups in total. The Kier molecular flexibility index (Phi) is 10.8. The molecule has 0 heterocycles. The number of esters is 1. The number of rotatable bonds is 10. The lowest BCUT2D eigenvalue weighted by Crippen LogP contribution is -2.47. The van der Waals surface area contributed by atoms with Crippen LogP contribution in [0.25, 0.3) is 0 Å². The summed E-state index contributed by atoms with van der Waals surface area (Å²) in [5.41, 5.74) is 0. The Morgan fingerprint density at radius 3 is 1.83 bits per heavy atom. The van der Waals surface area contributed by atoms with Gasteiger partial charge in [0.05, 0.1) is 19.3 Å². The molecule has 0 aromatic heterocycles. The van der Waals surface area contributed by atoms with E-state index in [0.29, 0.717) is 12.8 Å². The third-order valence-electron chi connectivity index (χ3n) is 6.19. The van der Waals surface area contributed by atoms with Gasteiger partial charge in [-0.3, -0.25) is 0 Å². The highest BCUT2D eigenvalue weighted by Crippen LogP contribution is 2.41. The summed E-state index contributed by atoms with van der Waals surface area (Å²) < 4.78 is 18.9. The Morgan fingerprint density at radius 1 is 1.00 bits per heavy atom. The van der Waals surface area contributed by atoms with Crippen LogP contribution in [-0.4, -0.2) is 41.9 Å². The first-order valence-corrected chi connectivity index (χ1v) is 16.9. The number of methoxy groups -OCH3 is 1. The number of carbonyl (C=O) groups excluding carboxylic acids is 1. The van der Waals surface area contributed by atoms with Crippen LogP contribution in [0.4, 0.5) is 0 Å². The highest BCUT2D eigenvalue weighted by atomic mass is 79.9. The molecule has 0 amide bonds. The minimum absolute atomic E-state index is 0.0686. The summed E-state index contributed by atoms with van der Waals surface area (Å²) in [6.07, 6.45) is 4.41. The second-order valence-corrected chi connectivity index (χ2v) is 21.2. The Bertz CT molecular complexity index is 587. The smallest absolute Gasteiger partial charge is 0.330 e. The van der Waals surface area contributed by atoms with Gasteiger partial charge in [0, 0.05) is 17.0 Å². The number of carbonyl (C=O) groups is 1. The lowest BCUT2D eigenvalue weighted by Gasteiger charge is -2.42. The molecular formula is C22H43BrO4Si2. The zero-order chi connectivity index (χ0) is 23.3. The minimum atomic E-state index is -1.99. The second kappa shape index (κ2) is 10.9. The summed E-state index contributed by atoms with van der Waals surface area (Å²) in [6, 6.07) is 0. The van der Waals surface area contributed by atoms with Crippen molar-refractivity contribution in [2.75, 3.05) is 7.11 Å². The highest BCUT2D eigenvalue weighted by Gasteiger charge is 2.42. The summed E-state index contributed by atoms with van der Waals surface area (Å²) in [5.74, 6) is -0.352. The van der Waals surface area contributed by atoms with E-state index in [1.807, 2.05) is 6.08 Å². The zero-order valence-electron chi connectivity index (χ0n) is 20.4. The topological polar surface area (TPSA) is 44.8 Å². The van der Waals surface area contributed by atoms with E-state index in [1.165, 1.54) is 13.2 Å². The maximum absolute atomic E-state index is 11.5. The van der Waals surface area contributed by atoms with Gasteiger partial charge in [0.25, 0.3) is 0 Å². The molecule has 0 spiro atoms. The SMILES string of the molecule is C=C(Br)[C@@H](C[C@H](C/C=C\C(=O)OC)O[Si](C)(C)C(C)(C)C)O[Si](C)(C)C(C)(C)C. The van der Waals surface area contributed by atoms with Crippen molar-refractivity contribution in [1.29, 1.82) is 0 Å². The van der Waals surface area contributed by atoms with Gasteiger partial charge in [0.2, 0.25) is 0 Å². The summed E-state index contributed by atoms with van der Waals surface area (Å²) in [5, 5.41) is 0.201. The largest absolute Gasteiger partial charge is 0.466 e. The lowest BCUT2D eigenvalue weighted by atomic mass is 10.1. The Labute approximate surface area is 189 Å². The van der Waals surface area contributed by atoms with Crippen LogP contribution in [0.5, 0.6) is 0 Å². The summed E-state index contributed by atoms with van der Waals surface area (Å²) >= 11 is 3.58. The van der Waals surface area contributed by atoms with Crippen molar-refractivity contribution in [2.45, 2.75) is 103 Å². The predicted octanol–water partition coefficient (Wildman–Crippen LogP) is 7.19. The normalized spacial score (nSPS) is 16.0. The van der Waals surface area contributed by atoms with Crippen LogP contribution in [0.3, 0.4) is 0 Å². The summed E-state index contributed by atoms with van der Waals surface area (Å²) in [6.45, 7) is 26.5. The minimum Gasteiger partial charge on any atom is -0.466 e. The average molecular weight is 508 g/mol. The van der Waals surface area contributed by atoms with Crippen molar-refractivity contribution < 1.29 is 18.4 Å². The van der Waals surface area contributed by atoms with E-state index in [9.17, 15) is 4.79 Å². The van der Waals surface area contributed by atoms with Crippen molar-refractivity contribution >= 4 is 38.5 Å². The zero-order valence-corrected chi connectivity index (χ0v) is 24.0. The predicted molar refractivity (Wildman–Crippen MR) is 133 cm³/mol. The molecule has 0 aliphatic carbocycles. The third-order valence-corrected chi connectivity index (χ3v) is 15.7. The lowest BCUT2D eigenvalue weighted by molar-refractivity contribution is -0.134. The molecule has 0 bridgehead atoms. The molecule has 0 fully saturated rings. The van der Waals surface area contributed by atoms with Gasteiger partial charge >= 0.3 is 5.97 Å². The molecule has 0 aliphatic rings. The monoisotopic (exact) mass is 506 g/mol. The number of hydrogen-bond acceptors (Lipinski definition) is 4. The average Bonchev–Trinajstić information content (AvgIpc) is 2.50. The van der Waals surface area contributed by atoms with Crippen LogP contribution in [0.1, 0.15) is 54.4 Å². The number of hydrogen-bond donors (Lipinski definition) is 0. The highest BCUT2D eigenvalue weighted by molar-refractivity contribution is 9.11. The van der Waals surface area contributed by atoms with E-state index in [4.69, 9.17) is 13.6 Å². The van der Waals surface area contributed by atoms with Crippen LogP contribution < -0.4 is 0 Å². The fraction of sp³-hybridized carbons (Fsp3) is 0.773. The molecule has 170 valence electrons. The first-order chi connectivity index (χ1) is 12.8. The molecule has 0 unspecified atom stereocenters. The fourth-order valence-corrected chi connectivity index (χ4v) is 5.32. The molecule has 2 atom stereocenters. The summed E-state index contributed by atoms with van der Waals surface area (Å²) in [7, 11) is -2.58. The Balaban J connectivity index is 5.64. The van der Waals surface area contributed by atoms with Gasteiger partial charge in [-0.1, -0.05) is 70.1 Å². The molecule has 0 saturated heterocycles. The summed E-state index contributed by atoms with van der Waals surface area (Å²) in [4.78, 5) is 11.5. The van der Waals surface area contributed by atoms with Gasteiger partial charge in [-0.25, -0.2) is 4.79 Å². The van der Waals surface area contributed by atoms with E-state index in [1.54, 1.807) is 0 Å². The van der Waals surface area contributed by atoms with E-state index >= 15 is 0 Å². The van der Waals surface area contributed by atoms with E-state index in [-0.39, 0.29) is 28.3 Å². The van der Waals surface area contributed by atoms with Gasteiger partial charge in [-0.15, -0.1) is 0 Å². The van der Waals surface area contributed by atoms with Crippen molar-refractivity contribution in [3.8, 4) is 0 Å². The van der Waals surface area contributed by atoms with Crippen molar-refractivity contribution in [2.24, 2.45) is 0 Å². The van der Waals surface area contributed by atoms with Crippen molar-refractivity contribution in [3.05, 3.63) is 23.2 Å². The quantitative estimate of drug-likeness (QED) is 0.178. The first-order valence-electron chi connectivity index (χ1n) is 10.3. The van der Waals surface area contributed by atoms with Gasteiger partial charge < -0.3 is 13.6 Å². The van der Waals surface area contributed by atoms with Gasteiger partial charge in [-0.2, -0.15) is 0 Å². The molecular weight excluding hydrogens is 464 g/mol. The van der Waals surface area contributed by atoms with Crippen LogP contribution >= 0.6 is 15.9 Å². The van der Waals surface area contributed by atoms with E-state index < -0.39 is 16.6 Å². The molecule has 0 aromatic carbocycles. The Hall–Kier alpha value is -0.216. The molecule has 0 aromatic rings. The molecule has 7 heteroatoms. The van der Waals surface area contributed by atoms with Gasteiger partial charge in [0.15, 0.2) is 16.6 Å². The molecule has 4 nitrogen and oxygen atoms in total. The Morgan fingerprint density at radius 2 is 1.45 bits per heavy atom. The van der Waals surface area contributed by atoms with E-state index in [2.05, 4.69) is 90.2 Å². The molecule has 0 aliphatic heterocycles. The number of halogens is 1. The van der Waals surface area contributed by atoms with Crippen molar-refractivity contribution in [1.82, 2.24) is 0 Å². The van der Waals surface area contributed by atoms with Gasteiger partial charge in [0.1, 0.15) is 0 Å². The first kappa shape index (κ1) is 28.8. The van der Waals surface area contributed by atoms with E-state index in [0.717, 1.165) is 4.48 Å². The van der Waals surface area contributed by atoms with Crippen LogP contribution in [0, 0.1) is 0 Å².